The molecule has 3 heterocycles. The van der Waals surface area contributed by atoms with E-state index in [1.807, 2.05) is 31.2 Å². The number of carbonyl (C=O) groups excluding carboxylic acids is 3. The van der Waals surface area contributed by atoms with Crippen molar-refractivity contribution in [3.63, 3.8) is 0 Å². The summed E-state index contributed by atoms with van der Waals surface area (Å²) < 4.78 is 29.2. The van der Waals surface area contributed by atoms with E-state index in [1.54, 1.807) is 5.38 Å². The zero-order valence-corrected chi connectivity index (χ0v) is 29.0. The van der Waals surface area contributed by atoms with Crippen molar-refractivity contribution in [3.8, 4) is 0 Å². The maximum absolute atomic E-state index is 15.9. The van der Waals surface area contributed by atoms with Crippen molar-refractivity contribution in [2.24, 2.45) is 11.3 Å². The van der Waals surface area contributed by atoms with Gasteiger partial charge in [-0.3, -0.25) is 24.2 Å². The topological polar surface area (TPSA) is 88.2 Å². The number of hydrogen-bond donors (Lipinski definition) is 1. The smallest absolute Gasteiger partial charge is 0.308 e. The lowest BCUT2D eigenvalue weighted by Crippen LogP contribution is -2.67. The number of fused-ring (bicyclic) bond motifs is 1. The zero-order chi connectivity index (χ0) is 33.5. The number of carbonyl (C=O) groups is 3. The summed E-state index contributed by atoms with van der Waals surface area (Å²) in [6.07, 6.45) is 7.42. The normalized spacial score (nSPS) is 23.7. The van der Waals surface area contributed by atoms with Crippen LogP contribution in [-0.2, 0) is 25.5 Å². The molecular weight excluding hydrogens is 653 g/mol. The van der Waals surface area contributed by atoms with Gasteiger partial charge in [-0.15, -0.1) is 11.3 Å². The highest BCUT2D eigenvalue weighted by atomic mass is 35.5. The second-order valence-electron chi connectivity index (χ2n) is 13.9. The van der Waals surface area contributed by atoms with E-state index in [4.69, 9.17) is 21.1 Å². The van der Waals surface area contributed by atoms with Gasteiger partial charge in [0.1, 0.15) is 5.82 Å². The third kappa shape index (κ3) is 6.54. The van der Waals surface area contributed by atoms with Gasteiger partial charge < -0.3 is 14.8 Å². The molecule has 4 fully saturated rings. The Bertz CT molecular complexity index is 1700. The first-order valence-electron chi connectivity index (χ1n) is 17.3. The fraction of sp³-hybridized carbons (Fsp3) is 0.541. The average Bonchev–Trinajstić information content (AvgIpc) is 3.45. The number of esters is 1. The number of Topliss-reactive ketones (excluding diaryl/α,β-unsaturated/α-hetero) is 1. The third-order valence-electron chi connectivity index (χ3n) is 10.8. The van der Waals surface area contributed by atoms with Gasteiger partial charge in [0.25, 0.3) is 5.91 Å². The lowest BCUT2D eigenvalue weighted by Gasteiger charge is -2.48. The van der Waals surface area contributed by atoms with Crippen LogP contribution in [0.5, 0.6) is 0 Å². The molecule has 1 N–H and O–H groups in total. The quantitative estimate of drug-likeness (QED) is 0.209. The molecule has 48 heavy (non-hydrogen) atoms. The van der Waals surface area contributed by atoms with Crippen LogP contribution in [0.1, 0.15) is 80.6 Å². The second-order valence-corrected chi connectivity index (χ2v) is 15.3. The molecule has 8 nitrogen and oxygen atoms in total. The molecule has 2 aromatic carbocycles. The standard InChI is InChI=1S/C37H43ClFN3O5S/c1-2-46-35(45)24-9-11-26(12-10-24)47-37(41-16-5-6-17-41,42-18-15-36(23-42)13-14-36)33(43)20-25-19-29(38)31(21-30(25)39)40-34(44)28-22-48-32-8-4-3-7-27(28)32/h3-4,7-8,19,21-22,24,26H,2,5-6,9-18,20,23H2,1H3,(H,40,44). The maximum Gasteiger partial charge on any atom is 0.308 e. The van der Waals surface area contributed by atoms with Gasteiger partial charge in [-0.2, -0.15) is 0 Å². The van der Waals surface area contributed by atoms with E-state index < -0.39 is 11.7 Å². The fourth-order valence-corrected chi connectivity index (χ4v) is 9.10. The minimum absolute atomic E-state index is 0.154. The van der Waals surface area contributed by atoms with Crippen LogP contribution in [-0.4, -0.2) is 72.2 Å². The number of ether oxygens (including phenoxy) is 2. The molecule has 1 amide bonds. The molecule has 0 radical (unpaired) electrons. The van der Waals surface area contributed by atoms with Crippen molar-refractivity contribution in [3.05, 3.63) is 63.7 Å². The Morgan fingerprint density at radius 3 is 2.50 bits per heavy atom. The van der Waals surface area contributed by atoms with Crippen LogP contribution >= 0.6 is 22.9 Å². The Balaban J connectivity index is 1.14. The van der Waals surface area contributed by atoms with E-state index in [0.29, 0.717) is 37.9 Å². The second kappa shape index (κ2) is 13.8. The van der Waals surface area contributed by atoms with E-state index in [2.05, 4.69) is 15.1 Å². The Hall–Kier alpha value is -2.89. The Labute approximate surface area is 289 Å². The summed E-state index contributed by atoms with van der Waals surface area (Å²) in [5, 5.41) is 5.54. The number of nitrogens with zero attached hydrogens (tertiary/aromatic N) is 2. The average molecular weight is 696 g/mol. The minimum atomic E-state index is -1.32. The first kappa shape index (κ1) is 33.6. The summed E-state index contributed by atoms with van der Waals surface area (Å²) in [5.41, 5.74) is 1.05. The van der Waals surface area contributed by atoms with Gasteiger partial charge in [0, 0.05) is 48.1 Å². The van der Waals surface area contributed by atoms with Crippen molar-refractivity contribution in [1.29, 1.82) is 0 Å². The van der Waals surface area contributed by atoms with Crippen LogP contribution in [0.15, 0.2) is 41.8 Å². The predicted molar refractivity (Wildman–Crippen MR) is 185 cm³/mol. The van der Waals surface area contributed by atoms with E-state index in [9.17, 15) is 14.4 Å². The van der Waals surface area contributed by atoms with Gasteiger partial charge in [0.05, 0.1) is 34.9 Å². The molecule has 2 saturated carbocycles. The number of amides is 1. The molecule has 11 heteroatoms. The number of rotatable bonds is 11. The highest BCUT2D eigenvalue weighted by molar-refractivity contribution is 7.17. The van der Waals surface area contributed by atoms with Crippen LogP contribution in [0.25, 0.3) is 10.1 Å². The molecule has 1 spiro atoms. The molecular formula is C37H43ClFN3O5S. The summed E-state index contributed by atoms with van der Waals surface area (Å²) in [6, 6.07) is 10.3. The maximum atomic E-state index is 15.9. The monoisotopic (exact) mass is 695 g/mol. The number of anilines is 1. The molecule has 3 aromatic rings. The lowest BCUT2D eigenvalue weighted by atomic mass is 9.87. The number of thiophene rings is 1. The van der Waals surface area contributed by atoms with Crippen molar-refractivity contribution in [2.75, 3.05) is 38.1 Å². The van der Waals surface area contributed by atoms with Crippen LogP contribution in [0.3, 0.4) is 0 Å². The number of halogens is 2. The van der Waals surface area contributed by atoms with E-state index in [1.165, 1.54) is 23.5 Å². The number of hydrogen-bond acceptors (Lipinski definition) is 8. The first-order valence-corrected chi connectivity index (χ1v) is 18.6. The summed E-state index contributed by atoms with van der Waals surface area (Å²) in [7, 11) is 0. The SMILES string of the molecule is CCOC(=O)C1CCC(OC(C(=O)Cc2cc(Cl)c(NC(=O)c3csc4ccccc34)cc2F)(N2CCCC2)N2CCC3(CC3)C2)CC1. The number of nitrogens with one attached hydrogen (secondary N) is 1. The number of likely N-dealkylation sites (tertiary alicyclic amines) is 2. The van der Waals surface area contributed by atoms with Crippen LogP contribution in [0.4, 0.5) is 10.1 Å². The molecule has 0 bridgehead atoms. The van der Waals surface area contributed by atoms with Gasteiger partial charge in [0.2, 0.25) is 5.85 Å². The molecule has 1 unspecified atom stereocenters. The molecule has 2 aliphatic heterocycles. The molecule has 1 atom stereocenters. The molecule has 2 saturated heterocycles. The summed E-state index contributed by atoms with van der Waals surface area (Å²) in [4.78, 5) is 44.9. The molecule has 2 aliphatic carbocycles. The molecule has 7 rings (SSSR count). The van der Waals surface area contributed by atoms with Gasteiger partial charge in [-0.1, -0.05) is 29.8 Å². The van der Waals surface area contributed by atoms with Gasteiger partial charge in [0.15, 0.2) is 5.78 Å². The van der Waals surface area contributed by atoms with E-state index >= 15 is 4.39 Å². The number of ketones is 1. The van der Waals surface area contributed by atoms with E-state index in [0.717, 1.165) is 68.4 Å². The zero-order valence-electron chi connectivity index (χ0n) is 27.4. The van der Waals surface area contributed by atoms with Crippen LogP contribution in [0, 0.1) is 17.2 Å². The van der Waals surface area contributed by atoms with Crippen LogP contribution in [0.2, 0.25) is 5.02 Å². The molecule has 1 aromatic heterocycles. The van der Waals surface area contributed by atoms with Gasteiger partial charge >= 0.3 is 5.97 Å². The highest BCUT2D eigenvalue weighted by Crippen LogP contribution is 2.55. The Kier molecular flexibility index (Phi) is 9.65. The fourth-order valence-electron chi connectivity index (χ4n) is 7.93. The van der Waals surface area contributed by atoms with Crippen molar-refractivity contribution >= 4 is 56.4 Å². The Morgan fingerprint density at radius 1 is 1.04 bits per heavy atom. The van der Waals surface area contributed by atoms with Crippen LogP contribution < -0.4 is 5.32 Å². The summed E-state index contributed by atoms with van der Waals surface area (Å²) in [5.74, 6) is -2.83. The number of benzene rings is 2. The predicted octanol–water partition coefficient (Wildman–Crippen LogP) is 7.43. The first-order chi connectivity index (χ1) is 23.2. The van der Waals surface area contributed by atoms with Gasteiger partial charge in [-0.25, -0.2) is 4.39 Å². The minimum Gasteiger partial charge on any atom is -0.466 e. The van der Waals surface area contributed by atoms with Crippen molar-refractivity contribution in [2.45, 2.75) is 83.1 Å². The summed E-state index contributed by atoms with van der Waals surface area (Å²) in [6.45, 7) is 5.14. The molecule has 4 aliphatic rings. The lowest BCUT2D eigenvalue weighted by molar-refractivity contribution is -0.252. The third-order valence-corrected chi connectivity index (χ3v) is 12.1. The summed E-state index contributed by atoms with van der Waals surface area (Å²) >= 11 is 8.13. The largest absolute Gasteiger partial charge is 0.466 e. The van der Waals surface area contributed by atoms with Crippen molar-refractivity contribution < 1.29 is 28.2 Å². The molecule has 256 valence electrons. The van der Waals surface area contributed by atoms with Crippen molar-refractivity contribution in [1.82, 2.24) is 9.80 Å². The van der Waals surface area contributed by atoms with Gasteiger partial charge in [-0.05, 0) is 93.9 Å². The van der Waals surface area contributed by atoms with E-state index in [-0.39, 0.29) is 57.8 Å². The Morgan fingerprint density at radius 2 is 1.79 bits per heavy atom. The highest BCUT2D eigenvalue weighted by Gasteiger charge is 2.59.